The summed E-state index contributed by atoms with van der Waals surface area (Å²) in [6.45, 7) is 0. The van der Waals surface area contributed by atoms with Crippen LogP contribution in [0, 0.1) is 29.5 Å². The van der Waals surface area contributed by atoms with E-state index >= 15 is 0 Å². The summed E-state index contributed by atoms with van der Waals surface area (Å²) in [4.78, 5) is 15.4. The summed E-state index contributed by atoms with van der Waals surface area (Å²) >= 11 is 1.19. The minimum Gasteiger partial charge on any atom is -0.476 e. The van der Waals surface area contributed by atoms with E-state index in [2.05, 4.69) is 16.8 Å². The Morgan fingerprint density at radius 1 is 1.14 bits per heavy atom. The summed E-state index contributed by atoms with van der Waals surface area (Å²) in [5, 5.41) is 21.6. The second-order valence-corrected chi connectivity index (χ2v) is 13.3. The molecular formula is C31H29FN4O4S2. The maximum Gasteiger partial charge on any atom is 0.355 e. The second kappa shape index (κ2) is 11.4. The largest absolute Gasteiger partial charge is 0.476 e. The molecule has 2 aromatic heterocycles. The van der Waals surface area contributed by atoms with E-state index in [1.807, 2.05) is 24.3 Å². The van der Waals surface area contributed by atoms with Crippen LogP contribution < -0.4 is 5.14 Å². The average Bonchev–Trinajstić information content (AvgIpc) is 3.30. The molecular weight excluding hydrogens is 575 g/mol. The van der Waals surface area contributed by atoms with E-state index in [1.165, 1.54) is 41.7 Å². The Bertz CT molecular complexity index is 1840. The van der Waals surface area contributed by atoms with Crippen LogP contribution in [0.1, 0.15) is 71.4 Å². The van der Waals surface area contributed by atoms with Gasteiger partial charge in [-0.05, 0) is 67.9 Å². The number of aromatic carboxylic acids is 1. The molecule has 11 heteroatoms. The third kappa shape index (κ3) is 6.16. The van der Waals surface area contributed by atoms with E-state index in [0.717, 1.165) is 48.1 Å². The number of primary sulfonamides is 1. The fourth-order valence-corrected chi connectivity index (χ4v) is 6.78. The number of hydrogen-bond donors (Lipinski definition) is 2. The number of benzene rings is 2. The topological polar surface area (TPSA) is 128 Å². The van der Waals surface area contributed by atoms with Gasteiger partial charge < -0.3 is 5.11 Å². The van der Waals surface area contributed by atoms with Gasteiger partial charge in [-0.15, -0.1) is 11.3 Å². The number of nitrogens with two attached hydrogens (primary N) is 1. The van der Waals surface area contributed by atoms with Crippen LogP contribution in [0.5, 0.6) is 0 Å². The van der Waals surface area contributed by atoms with Crippen molar-refractivity contribution in [1.82, 2.24) is 14.8 Å². The normalized spacial score (nSPS) is 15.5. The number of rotatable bonds is 8. The lowest BCUT2D eigenvalue weighted by Gasteiger charge is -2.10. The number of carboxylic acids is 1. The summed E-state index contributed by atoms with van der Waals surface area (Å²) in [6, 6.07) is 11.8. The zero-order valence-corrected chi connectivity index (χ0v) is 24.3. The number of nitrogens with zero attached hydrogens (tertiary/aromatic N) is 3. The van der Waals surface area contributed by atoms with Crippen molar-refractivity contribution >= 4 is 27.3 Å². The molecule has 216 valence electrons. The van der Waals surface area contributed by atoms with Gasteiger partial charge in [-0.1, -0.05) is 42.9 Å². The van der Waals surface area contributed by atoms with Crippen molar-refractivity contribution in [3.8, 4) is 28.2 Å². The van der Waals surface area contributed by atoms with Crippen molar-refractivity contribution in [2.45, 2.75) is 56.3 Å². The summed E-state index contributed by atoms with van der Waals surface area (Å²) < 4.78 is 40.1. The summed E-state index contributed by atoms with van der Waals surface area (Å²) in [5.74, 6) is 5.57. The van der Waals surface area contributed by atoms with Crippen LogP contribution in [0.25, 0.3) is 16.4 Å². The minimum atomic E-state index is -4.20. The van der Waals surface area contributed by atoms with Crippen molar-refractivity contribution in [2.24, 2.45) is 17.0 Å². The van der Waals surface area contributed by atoms with Crippen LogP contribution in [0.2, 0.25) is 0 Å². The van der Waals surface area contributed by atoms with Gasteiger partial charge in [0.25, 0.3) is 0 Å². The SMILES string of the molecule is NS(=O)(=O)c1ccc(Cc2c(-c3cccc(C#CC4CCCC4)c3)nn(-c3nc(C(=O)O)cs3)c2CC2CC2)cc1F. The molecule has 8 nitrogen and oxygen atoms in total. The fraction of sp³-hybridized carbons (Fsp3) is 0.323. The molecule has 2 heterocycles. The Labute approximate surface area is 247 Å². The van der Waals surface area contributed by atoms with Crippen molar-refractivity contribution in [3.05, 3.63) is 81.7 Å². The molecule has 4 aromatic rings. The van der Waals surface area contributed by atoms with Gasteiger partial charge >= 0.3 is 5.97 Å². The molecule has 2 aliphatic carbocycles. The molecule has 0 spiro atoms. The number of thiazole rings is 1. The Hall–Kier alpha value is -3.85. The van der Waals surface area contributed by atoms with Crippen molar-refractivity contribution in [2.75, 3.05) is 0 Å². The van der Waals surface area contributed by atoms with E-state index in [1.54, 1.807) is 10.7 Å². The first kappa shape index (κ1) is 28.3. The smallest absolute Gasteiger partial charge is 0.355 e. The molecule has 0 saturated heterocycles. The zero-order valence-electron chi connectivity index (χ0n) is 22.7. The van der Waals surface area contributed by atoms with Crippen LogP contribution in [-0.4, -0.2) is 34.3 Å². The molecule has 0 amide bonds. The van der Waals surface area contributed by atoms with E-state index in [4.69, 9.17) is 10.2 Å². The van der Waals surface area contributed by atoms with Crippen LogP contribution in [0.15, 0.2) is 52.7 Å². The van der Waals surface area contributed by atoms with Crippen molar-refractivity contribution < 1.29 is 22.7 Å². The van der Waals surface area contributed by atoms with Gasteiger partial charge in [-0.3, -0.25) is 0 Å². The highest BCUT2D eigenvalue weighted by Crippen LogP contribution is 2.38. The molecule has 2 aliphatic rings. The number of halogens is 1. The predicted molar refractivity (Wildman–Crippen MR) is 157 cm³/mol. The molecule has 0 atom stereocenters. The second-order valence-electron chi connectivity index (χ2n) is 11.0. The fourth-order valence-electron chi connectivity index (χ4n) is 5.41. The molecule has 0 unspecified atom stereocenters. The van der Waals surface area contributed by atoms with E-state index in [-0.39, 0.29) is 12.1 Å². The highest BCUT2D eigenvalue weighted by molar-refractivity contribution is 7.89. The first-order valence-electron chi connectivity index (χ1n) is 13.9. The summed E-state index contributed by atoms with van der Waals surface area (Å²) in [7, 11) is -4.20. The van der Waals surface area contributed by atoms with Crippen molar-refractivity contribution in [1.29, 1.82) is 0 Å². The lowest BCUT2D eigenvalue weighted by molar-refractivity contribution is 0.0691. The van der Waals surface area contributed by atoms with Gasteiger partial charge in [0, 0.05) is 34.4 Å². The Morgan fingerprint density at radius 3 is 2.60 bits per heavy atom. The summed E-state index contributed by atoms with van der Waals surface area (Å²) in [6.07, 6.45) is 7.78. The zero-order chi connectivity index (χ0) is 29.4. The highest BCUT2D eigenvalue weighted by Gasteiger charge is 2.29. The average molecular weight is 605 g/mol. The molecule has 42 heavy (non-hydrogen) atoms. The standard InChI is InChI=1S/C31H29FN4O4S2/c32-25-16-22(12-13-28(25)42(33,39)40)15-24-27(17-21-10-11-21)36(31-34-26(18-41-31)30(37)38)35-29(24)23-7-3-6-20(14-23)9-8-19-4-1-2-5-19/h3,6-7,12-14,16,18-19,21H,1-2,4-5,10-11,15,17H2,(H,37,38)(H2,33,39,40). The third-order valence-electron chi connectivity index (χ3n) is 7.76. The van der Waals surface area contributed by atoms with E-state index in [9.17, 15) is 22.7 Å². The Balaban J connectivity index is 1.48. The molecule has 2 fully saturated rings. The van der Waals surface area contributed by atoms with E-state index < -0.39 is 26.7 Å². The molecule has 2 saturated carbocycles. The molecule has 2 aromatic carbocycles. The van der Waals surface area contributed by atoms with Gasteiger partial charge in [0.05, 0.1) is 11.4 Å². The Morgan fingerprint density at radius 2 is 1.93 bits per heavy atom. The lowest BCUT2D eigenvalue weighted by Crippen LogP contribution is -2.14. The first-order valence-corrected chi connectivity index (χ1v) is 16.3. The van der Waals surface area contributed by atoms with Crippen molar-refractivity contribution in [3.63, 3.8) is 0 Å². The number of hydrogen-bond acceptors (Lipinski definition) is 6. The third-order valence-corrected chi connectivity index (χ3v) is 9.52. The van der Waals surface area contributed by atoms with Crippen LogP contribution >= 0.6 is 11.3 Å². The van der Waals surface area contributed by atoms with Gasteiger partial charge in [0.1, 0.15) is 10.7 Å². The Kier molecular flexibility index (Phi) is 7.70. The van der Waals surface area contributed by atoms with E-state index in [0.29, 0.717) is 34.6 Å². The van der Waals surface area contributed by atoms with Crippen LogP contribution in [0.4, 0.5) is 4.39 Å². The molecule has 0 radical (unpaired) electrons. The maximum absolute atomic E-state index is 14.8. The first-order chi connectivity index (χ1) is 20.2. The summed E-state index contributed by atoms with van der Waals surface area (Å²) in [5.41, 5.74) is 4.58. The number of sulfonamides is 1. The van der Waals surface area contributed by atoms with Gasteiger partial charge in [-0.25, -0.2) is 32.4 Å². The van der Waals surface area contributed by atoms with Gasteiger partial charge in [-0.2, -0.15) is 5.10 Å². The number of carbonyl (C=O) groups is 1. The highest BCUT2D eigenvalue weighted by atomic mass is 32.2. The van der Waals surface area contributed by atoms with Crippen LogP contribution in [-0.2, 0) is 22.9 Å². The van der Waals surface area contributed by atoms with Gasteiger partial charge in [0.2, 0.25) is 15.2 Å². The molecule has 0 bridgehead atoms. The maximum atomic E-state index is 14.8. The monoisotopic (exact) mass is 604 g/mol. The molecule has 0 aliphatic heterocycles. The predicted octanol–water partition coefficient (Wildman–Crippen LogP) is 5.57. The molecule has 6 rings (SSSR count). The molecule has 3 N–H and O–H groups in total. The number of aromatic nitrogens is 3. The van der Waals surface area contributed by atoms with Gasteiger partial charge in [0.15, 0.2) is 5.69 Å². The number of carboxylic acid groups (broad SMARTS) is 1. The minimum absolute atomic E-state index is 0.0594. The lowest BCUT2D eigenvalue weighted by atomic mass is 9.96. The quantitative estimate of drug-likeness (QED) is 0.253. The van der Waals surface area contributed by atoms with Crippen LogP contribution in [0.3, 0.4) is 0 Å².